The van der Waals surface area contributed by atoms with Crippen LogP contribution in [0.1, 0.15) is 16.8 Å². The van der Waals surface area contributed by atoms with Crippen molar-refractivity contribution in [3.8, 4) is 11.3 Å². The summed E-state index contributed by atoms with van der Waals surface area (Å²) >= 11 is 0. The number of hydrogen-bond acceptors (Lipinski definition) is 5. The van der Waals surface area contributed by atoms with Gasteiger partial charge >= 0.3 is 0 Å². The standard InChI is InChI=1S/C18H19N5O4S/c1-28(26,27)22-8-7-13(11-22)20-18(25)14-10-19-23-16(24)9-15(21-17(14)23)12-5-3-2-4-6-12/h2-6,9-10,13,19H,7-8,11H2,1H3,(H,20,25). The zero-order chi connectivity index (χ0) is 19.9. The van der Waals surface area contributed by atoms with Crippen molar-refractivity contribution in [1.29, 1.82) is 0 Å². The molecule has 3 aromatic rings. The number of rotatable bonds is 4. The van der Waals surface area contributed by atoms with Crippen molar-refractivity contribution in [2.45, 2.75) is 12.5 Å². The number of nitrogens with zero attached hydrogens (tertiary/aromatic N) is 3. The normalized spacial score (nSPS) is 17.8. The van der Waals surface area contributed by atoms with Crippen molar-refractivity contribution in [2.24, 2.45) is 0 Å². The second-order valence-electron chi connectivity index (χ2n) is 6.77. The molecular formula is C18H19N5O4S. The van der Waals surface area contributed by atoms with Crippen LogP contribution in [0, 0.1) is 0 Å². The lowest BCUT2D eigenvalue weighted by Gasteiger charge is -2.14. The fourth-order valence-corrected chi connectivity index (χ4v) is 4.20. The van der Waals surface area contributed by atoms with E-state index in [1.54, 1.807) is 0 Å². The maximum absolute atomic E-state index is 12.7. The second-order valence-corrected chi connectivity index (χ2v) is 8.75. The molecule has 3 heterocycles. The molecule has 146 valence electrons. The Hall–Kier alpha value is -2.98. The smallest absolute Gasteiger partial charge is 0.273 e. The first-order valence-corrected chi connectivity index (χ1v) is 10.6. The van der Waals surface area contributed by atoms with E-state index in [2.05, 4.69) is 15.4 Å². The quantitative estimate of drug-likeness (QED) is 0.659. The summed E-state index contributed by atoms with van der Waals surface area (Å²) in [5.74, 6) is -0.406. The summed E-state index contributed by atoms with van der Waals surface area (Å²) in [6.45, 7) is 0.600. The third-order valence-corrected chi connectivity index (χ3v) is 6.04. The first-order valence-electron chi connectivity index (χ1n) is 8.75. The minimum absolute atomic E-state index is 0.224. The topological polar surface area (TPSA) is 117 Å². The van der Waals surface area contributed by atoms with E-state index in [0.29, 0.717) is 18.7 Å². The minimum Gasteiger partial charge on any atom is -0.348 e. The number of amides is 1. The summed E-state index contributed by atoms with van der Waals surface area (Å²) in [5, 5.41) is 5.58. The van der Waals surface area contributed by atoms with Gasteiger partial charge in [0.1, 0.15) is 5.56 Å². The highest BCUT2D eigenvalue weighted by Gasteiger charge is 2.30. The third kappa shape index (κ3) is 3.43. The molecule has 1 saturated heterocycles. The van der Waals surface area contributed by atoms with Crippen molar-refractivity contribution < 1.29 is 13.2 Å². The zero-order valence-electron chi connectivity index (χ0n) is 15.1. The van der Waals surface area contributed by atoms with Crippen molar-refractivity contribution in [2.75, 3.05) is 19.3 Å². The van der Waals surface area contributed by atoms with Crippen molar-refractivity contribution >= 4 is 21.6 Å². The van der Waals surface area contributed by atoms with Gasteiger partial charge in [0.15, 0.2) is 5.65 Å². The summed E-state index contributed by atoms with van der Waals surface area (Å²) in [5.41, 5.74) is 1.37. The SMILES string of the molecule is CS(=O)(=O)N1CCC(NC(=O)c2c[nH]n3c(=O)cc(-c4ccccc4)nc23)C1. The maximum atomic E-state index is 12.7. The average Bonchev–Trinajstić information content (AvgIpc) is 3.29. The molecule has 28 heavy (non-hydrogen) atoms. The number of nitrogens with one attached hydrogen (secondary N) is 2. The molecule has 0 saturated carbocycles. The molecule has 1 fully saturated rings. The van der Waals surface area contributed by atoms with Crippen molar-refractivity contribution in [1.82, 2.24) is 24.2 Å². The van der Waals surface area contributed by atoms with Crippen molar-refractivity contribution in [3.63, 3.8) is 0 Å². The van der Waals surface area contributed by atoms with E-state index in [1.807, 2.05) is 30.3 Å². The predicted molar refractivity (Wildman–Crippen MR) is 104 cm³/mol. The summed E-state index contributed by atoms with van der Waals surface area (Å²) in [4.78, 5) is 29.6. The Labute approximate surface area is 161 Å². The minimum atomic E-state index is -3.28. The zero-order valence-corrected chi connectivity index (χ0v) is 15.9. The summed E-state index contributed by atoms with van der Waals surface area (Å²) in [6.07, 6.45) is 3.11. The molecule has 1 atom stereocenters. The van der Waals surface area contributed by atoms with Crippen LogP contribution in [-0.4, -0.2) is 58.6 Å². The first-order chi connectivity index (χ1) is 13.3. The Bertz CT molecular complexity index is 1200. The number of benzene rings is 1. The van der Waals surface area contributed by atoms with Crippen molar-refractivity contribution in [3.05, 3.63) is 58.5 Å². The van der Waals surface area contributed by atoms with E-state index < -0.39 is 15.9 Å². The first kappa shape index (κ1) is 18.4. The molecule has 4 rings (SSSR count). The Kier molecular flexibility index (Phi) is 4.52. The second kappa shape index (κ2) is 6.88. The molecule has 10 heteroatoms. The Balaban J connectivity index is 1.63. The van der Waals surface area contributed by atoms with E-state index >= 15 is 0 Å². The van der Waals surface area contributed by atoms with Crippen LogP contribution in [-0.2, 0) is 10.0 Å². The monoisotopic (exact) mass is 401 g/mol. The van der Waals surface area contributed by atoms with Crippen LogP contribution in [0.2, 0.25) is 0 Å². The molecule has 0 bridgehead atoms. The lowest BCUT2D eigenvalue weighted by atomic mass is 10.1. The van der Waals surface area contributed by atoms with Gasteiger partial charge in [-0.05, 0) is 6.42 Å². The molecule has 1 amide bonds. The molecule has 2 aromatic heterocycles. The fourth-order valence-electron chi connectivity index (χ4n) is 3.32. The van der Waals surface area contributed by atoms with Gasteiger partial charge in [-0.1, -0.05) is 30.3 Å². The molecule has 0 spiro atoms. The number of fused-ring (bicyclic) bond motifs is 1. The van der Waals surface area contributed by atoms with E-state index in [1.165, 1.54) is 21.1 Å². The molecule has 1 aliphatic rings. The van der Waals surface area contributed by atoms with Gasteiger partial charge in [0.25, 0.3) is 11.5 Å². The summed E-state index contributed by atoms with van der Waals surface area (Å²) < 4.78 is 25.8. The number of hydrogen-bond donors (Lipinski definition) is 2. The largest absolute Gasteiger partial charge is 0.348 e. The van der Waals surface area contributed by atoms with Crippen LogP contribution < -0.4 is 10.9 Å². The number of aromatic amines is 1. The summed E-state index contributed by atoms with van der Waals surface area (Å²) in [6, 6.07) is 10.3. The highest BCUT2D eigenvalue weighted by molar-refractivity contribution is 7.88. The third-order valence-electron chi connectivity index (χ3n) is 4.77. The van der Waals surface area contributed by atoms with Gasteiger partial charge in [-0.25, -0.2) is 22.2 Å². The Morgan fingerprint density at radius 3 is 2.71 bits per heavy atom. The molecule has 1 unspecified atom stereocenters. The van der Waals surface area contributed by atoms with Gasteiger partial charge in [-0.3, -0.25) is 14.7 Å². The highest BCUT2D eigenvalue weighted by atomic mass is 32.2. The lowest BCUT2D eigenvalue weighted by molar-refractivity contribution is 0.0940. The number of carbonyl (C=O) groups is 1. The molecule has 1 aliphatic heterocycles. The van der Waals surface area contributed by atoms with Crippen LogP contribution in [0.15, 0.2) is 47.4 Å². The molecule has 2 N–H and O–H groups in total. The summed E-state index contributed by atoms with van der Waals surface area (Å²) in [7, 11) is -3.28. The van der Waals surface area contributed by atoms with Gasteiger partial charge in [-0.2, -0.15) is 0 Å². The van der Waals surface area contributed by atoms with Gasteiger partial charge in [0.2, 0.25) is 10.0 Å². The molecular weight excluding hydrogens is 382 g/mol. The van der Waals surface area contributed by atoms with Gasteiger partial charge in [-0.15, -0.1) is 0 Å². The van der Waals surface area contributed by atoms with E-state index in [4.69, 9.17) is 0 Å². The van der Waals surface area contributed by atoms with Crippen LogP contribution in [0.4, 0.5) is 0 Å². The van der Waals surface area contributed by atoms with E-state index in [0.717, 1.165) is 11.8 Å². The van der Waals surface area contributed by atoms with Gasteiger partial charge in [0.05, 0.1) is 11.9 Å². The average molecular weight is 401 g/mol. The number of aromatic nitrogens is 3. The van der Waals surface area contributed by atoms with Crippen LogP contribution in [0.3, 0.4) is 0 Å². The molecule has 1 aromatic carbocycles. The molecule has 0 radical (unpaired) electrons. The van der Waals surface area contributed by atoms with Gasteiger partial charge in [0, 0.05) is 37.0 Å². The fraction of sp³-hybridized carbons (Fsp3) is 0.278. The Morgan fingerprint density at radius 2 is 2.04 bits per heavy atom. The molecule has 9 nitrogen and oxygen atoms in total. The van der Waals surface area contributed by atoms with Crippen LogP contribution in [0.25, 0.3) is 16.9 Å². The molecule has 0 aliphatic carbocycles. The lowest BCUT2D eigenvalue weighted by Crippen LogP contribution is -2.38. The Morgan fingerprint density at radius 1 is 1.29 bits per heavy atom. The van der Waals surface area contributed by atoms with E-state index in [9.17, 15) is 18.0 Å². The highest BCUT2D eigenvalue weighted by Crippen LogP contribution is 2.18. The van der Waals surface area contributed by atoms with E-state index in [-0.39, 0.29) is 29.4 Å². The predicted octanol–water partition coefficient (Wildman–Crippen LogP) is 0.453. The van der Waals surface area contributed by atoms with Crippen LogP contribution in [0.5, 0.6) is 0 Å². The maximum Gasteiger partial charge on any atom is 0.273 e. The van der Waals surface area contributed by atoms with Gasteiger partial charge < -0.3 is 5.32 Å². The van der Waals surface area contributed by atoms with Crippen LogP contribution >= 0.6 is 0 Å². The number of carbonyl (C=O) groups excluding carboxylic acids is 1. The number of sulfonamides is 1. The number of H-pyrrole nitrogens is 1.